The summed E-state index contributed by atoms with van der Waals surface area (Å²) in [4.78, 5) is 23.6. The van der Waals surface area contributed by atoms with Crippen LogP contribution in [0.15, 0.2) is 0 Å². The van der Waals surface area contributed by atoms with Gasteiger partial charge in [-0.25, -0.2) is 13.2 Å². The summed E-state index contributed by atoms with van der Waals surface area (Å²) in [6, 6.07) is -1.38. The summed E-state index contributed by atoms with van der Waals surface area (Å²) in [6.45, 7) is -0.00143. The predicted molar refractivity (Wildman–Crippen MR) is 63.6 cm³/mol. The largest absolute Gasteiger partial charge is 0.481 e. The molecular weight excluding hydrogens is 260 g/mol. The molecule has 0 saturated carbocycles. The van der Waals surface area contributed by atoms with E-state index in [1.165, 1.54) is 4.90 Å². The van der Waals surface area contributed by atoms with Gasteiger partial charge >= 0.3 is 12.0 Å². The number of hydrogen-bond acceptors (Lipinski definition) is 4. The van der Waals surface area contributed by atoms with Crippen molar-refractivity contribution in [1.82, 2.24) is 10.2 Å². The van der Waals surface area contributed by atoms with E-state index < -0.39 is 34.3 Å². The Kier molecular flexibility index (Phi) is 4.55. The molecule has 2 amide bonds. The van der Waals surface area contributed by atoms with Crippen LogP contribution in [0, 0.1) is 12.3 Å². The highest BCUT2D eigenvalue weighted by molar-refractivity contribution is 7.91. The zero-order chi connectivity index (χ0) is 13.8. The van der Waals surface area contributed by atoms with E-state index in [2.05, 4.69) is 11.2 Å². The Hall–Kier alpha value is -1.75. The van der Waals surface area contributed by atoms with Crippen LogP contribution in [-0.4, -0.2) is 61.1 Å². The first-order valence-electron chi connectivity index (χ1n) is 5.26. The summed E-state index contributed by atoms with van der Waals surface area (Å²) in [5, 5.41) is 11.1. The molecule has 7 nitrogen and oxygen atoms in total. The minimum Gasteiger partial charge on any atom is -0.481 e. The summed E-state index contributed by atoms with van der Waals surface area (Å²) >= 11 is 0. The van der Waals surface area contributed by atoms with Crippen LogP contribution in [0.5, 0.6) is 0 Å². The quantitative estimate of drug-likeness (QED) is 0.636. The maximum absolute atomic E-state index is 11.7. The first-order chi connectivity index (χ1) is 8.35. The number of nitrogens with zero attached hydrogens (tertiary/aromatic N) is 1. The van der Waals surface area contributed by atoms with Crippen LogP contribution >= 0.6 is 0 Å². The standard InChI is InChI=1S/C10H14N2O5S/c1-2-3-11-10(15)12-4-5-18(16,17)7-8(12)6-9(13)14/h1,8H,3-7H2,(H,11,15)(H,13,14). The molecule has 0 radical (unpaired) electrons. The van der Waals surface area contributed by atoms with Gasteiger partial charge in [-0.3, -0.25) is 4.79 Å². The average Bonchev–Trinajstić information content (AvgIpc) is 2.24. The molecule has 0 aromatic heterocycles. The van der Waals surface area contributed by atoms with Crippen molar-refractivity contribution in [3.63, 3.8) is 0 Å². The molecule has 100 valence electrons. The molecule has 1 aliphatic heterocycles. The van der Waals surface area contributed by atoms with E-state index in [0.717, 1.165) is 0 Å². The molecule has 1 rings (SSSR count). The molecule has 8 heteroatoms. The van der Waals surface area contributed by atoms with Crippen molar-refractivity contribution in [2.75, 3.05) is 24.6 Å². The van der Waals surface area contributed by atoms with Crippen molar-refractivity contribution in [3.05, 3.63) is 0 Å². The van der Waals surface area contributed by atoms with Gasteiger partial charge in [-0.2, -0.15) is 0 Å². The molecule has 1 aliphatic rings. The number of carboxylic acids is 1. The van der Waals surface area contributed by atoms with Gasteiger partial charge in [0.2, 0.25) is 0 Å². The van der Waals surface area contributed by atoms with Gasteiger partial charge in [-0.05, 0) is 0 Å². The second-order valence-corrected chi connectivity index (χ2v) is 6.15. The average molecular weight is 274 g/mol. The van der Waals surface area contributed by atoms with Crippen LogP contribution < -0.4 is 5.32 Å². The van der Waals surface area contributed by atoms with Crippen LogP contribution in [-0.2, 0) is 14.6 Å². The topological polar surface area (TPSA) is 104 Å². The fourth-order valence-corrected chi connectivity index (χ4v) is 3.28. The SMILES string of the molecule is C#CCNC(=O)N1CCS(=O)(=O)CC1CC(=O)O. The Morgan fingerprint density at radius 2 is 2.17 bits per heavy atom. The van der Waals surface area contributed by atoms with Gasteiger partial charge in [0.1, 0.15) is 0 Å². The van der Waals surface area contributed by atoms with E-state index in [4.69, 9.17) is 11.5 Å². The first-order valence-corrected chi connectivity index (χ1v) is 7.08. The summed E-state index contributed by atoms with van der Waals surface area (Å²) in [5.74, 6) is 0.579. The van der Waals surface area contributed by atoms with Crippen molar-refractivity contribution in [1.29, 1.82) is 0 Å². The van der Waals surface area contributed by atoms with Crippen LogP contribution in [0.1, 0.15) is 6.42 Å². The summed E-state index contributed by atoms with van der Waals surface area (Å²) in [7, 11) is -3.29. The number of carbonyl (C=O) groups is 2. The van der Waals surface area contributed by atoms with Gasteiger partial charge in [-0.15, -0.1) is 6.42 Å². The Morgan fingerprint density at radius 3 is 2.72 bits per heavy atom. The molecule has 0 aliphatic carbocycles. The zero-order valence-corrected chi connectivity index (χ0v) is 10.4. The van der Waals surface area contributed by atoms with Crippen molar-refractivity contribution in [2.24, 2.45) is 0 Å². The number of aliphatic carboxylic acids is 1. The molecular formula is C10H14N2O5S. The maximum atomic E-state index is 11.7. The third kappa shape index (κ3) is 3.92. The fraction of sp³-hybridized carbons (Fsp3) is 0.600. The summed E-state index contributed by atoms with van der Waals surface area (Å²) in [6.07, 6.45) is 4.59. The number of nitrogens with one attached hydrogen (secondary N) is 1. The van der Waals surface area contributed by atoms with Crippen LogP contribution in [0.4, 0.5) is 4.79 Å². The highest BCUT2D eigenvalue weighted by atomic mass is 32.2. The minimum atomic E-state index is -3.29. The molecule has 18 heavy (non-hydrogen) atoms. The van der Waals surface area contributed by atoms with Gasteiger partial charge in [0.05, 0.1) is 30.5 Å². The Balaban J connectivity index is 2.78. The lowest BCUT2D eigenvalue weighted by atomic mass is 10.2. The van der Waals surface area contributed by atoms with Gasteiger partial charge in [0.15, 0.2) is 9.84 Å². The van der Waals surface area contributed by atoms with Crippen LogP contribution in [0.3, 0.4) is 0 Å². The van der Waals surface area contributed by atoms with Gasteiger partial charge in [0, 0.05) is 6.54 Å². The molecule has 0 aromatic carbocycles. The van der Waals surface area contributed by atoms with Crippen LogP contribution in [0.2, 0.25) is 0 Å². The predicted octanol–water partition coefficient (Wildman–Crippen LogP) is -1.10. The molecule has 2 N–H and O–H groups in total. The Labute approximate surface area is 105 Å². The van der Waals surface area contributed by atoms with E-state index in [9.17, 15) is 18.0 Å². The highest BCUT2D eigenvalue weighted by Gasteiger charge is 2.35. The second kappa shape index (κ2) is 5.73. The normalized spacial score (nSPS) is 21.9. The summed E-state index contributed by atoms with van der Waals surface area (Å²) in [5.41, 5.74) is 0. The van der Waals surface area contributed by atoms with Crippen molar-refractivity contribution in [3.8, 4) is 12.3 Å². The van der Waals surface area contributed by atoms with Gasteiger partial charge in [-0.1, -0.05) is 5.92 Å². The van der Waals surface area contributed by atoms with Crippen molar-refractivity contribution < 1.29 is 23.1 Å². The molecule has 1 fully saturated rings. The lowest BCUT2D eigenvalue weighted by Gasteiger charge is -2.34. The molecule has 1 saturated heterocycles. The molecule has 0 spiro atoms. The number of urea groups is 1. The summed E-state index contributed by atoms with van der Waals surface area (Å²) < 4.78 is 22.9. The second-order valence-electron chi connectivity index (χ2n) is 3.92. The number of terminal acetylenes is 1. The lowest BCUT2D eigenvalue weighted by Crippen LogP contribution is -2.55. The van der Waals surface area contributed by atoms with E-state index in [1.54, 1.807) is 0 Å². The maximum Gasteiger partial charge on any atom is 0.318 e. The van der Waals surface area contributed by atoms with E-state index >= 15 is 0 Å². The molecule has 0 aromatic rings. The molecule has 1 unspecified atom stereocenters. The highest BCUT2D eigenvalue weighted by Crippen LogP contribution is 2.15. The fourth-order valence-electron chi connectivity index (χ4n) is 1.75. The lowest BCUT2D eigenvalue weighted by molar-refractivity contribution is -0.138. The number of carboxylic acid groups (broad SMARTS) is 1. The van der Waals surface area contributed by atoms with Gasteiger partial charge in [0.25, 0.3) is 0 Å². The Morgan fingerprint density at radius 1 is 1.50 bits per heavy atom. The third-order valence-corrected chi connectivity index (χ3v) is 4.24. The third-order valence-electron chi connectivity index (χ3n) is 2.54. The van der Waals surface area contributed by atoms with Crippen molar-refractivity contribution in [2.45, 2.75) is 12.5 Å². The molecule has 1 heterocycles. The number of hydrogen-bond donors (Lipinski definition) is 2. The molecule has 1 atom stereocenters. The smallest absolute Gasteiger partial charge is 0.318 e. The first kappa shape index (κ1) is 14.3. The van der Waals surface area contributed by atoms with E-state index in [1.807, 2.05) is 0 Å². The minimum absolute atomic E-state index is 0.0157. The zero-order valence-electron chi connectivity index (χ0n) is 9.63. The van der Waals surface area contributed by atoms with Crippen LogP contribution in [0.25, 0.3) is 0 Å². The monoisotopic (exact) mass is 274 g/mol. The van der Waals surface area contributed by atoms with Gasteiger partial charge < -0.3 is 15.3 Å². The number of carbonyl (C=O) groups excluding carboxylic acids is 1. The van der Waals surface area contributed by atoms with E-state index in [-0.39, 0.29) is 24.6 Å². The van der Waals surface area contributed by atoms with Crippen molar-refractivity contribution >= 4 is 21.8 Å². The Bertz CT molecular complexity index is 479. The number of sulfone groups is 1. The number of amides is 2. The molecule has 0 bridgehead atoms. The number of rotatable bonds is 3. The van der Waals surface area contributed by atoms with E-state index in [0.29, 0.717) is 0 Å².